The maximum absolute atomic E-state index is 12.8. The van der Waals surface area contributed by atoms with E-state index in [0.29, 0.717) is 24.6 Å². The molecule has 6 nitrogen and oxygen atoms in total. The molecule has 0 unspecified atom stereocenters. The van der Waals surface area contributed by atoms with Gasteiger partial charge in [0, 0.05) is 43.5 Å². The molecule has 0 bridgehead atoms. The number of aromatic amines is 1. The Balaban J connectivity index is 1.56. The van der Waals surface area contributed by atoms with Crippen LogP contribution in [0.25, 0.3) is 0 Å². The van der Waals surface area contributed by atoms with Crippen LogP contribution in [0.2, 0.25) is 0 Å². The zero-order chi connectivity index (χ0) is 20.1. The average Bonchev–Trinajstić information content (AvgIpc) is 2.68. The second-order valence-electron chi connectivity index (χ2n) is 7.77. The largest absolute Gasteiger partial charge is 0.345 e. The molecule has 2 aromatic rings. The minimum atomic E-state index is -0.328. The Bertz CT molecular complexity index is 836. The minimum Gasteiger partial charge on any atom is -0.341 e. The molecule has 1 aromatic carbocycles. The number of piperidine rings is 1. The van der Waals surface area contributed by atoms with Crippen molar-refractivity contribution in [2.24, 2.45) is 0 Å². The monoisotopic (exact) mass is 382 g/mol. The highest BCUT2D eigenvalue weighted by molar-refractivity contribution is 5.76. The molecule has 1 N–H and O–H groups in total. The number of hydrogen-bond acceptors (Lipinski definition) is 4. The maximum Gasteiger partial charge on any atom is 0.345 e. The van der Waals surface area contributed by atoms with Crippen LogP contribution < -0.4 is 5.69 Å². The summed E-state index contributed by atoms with van der Waals surface area (Å²) in [4.78, 5) is 35.3. The molecule has 1 fully saturated rings. The number of aryl methyl sites for hydroxylation is 2. The van der Waals surface area contributed by atoms with Crippen molar-refractivity contribution in [2.45, 2.75) is 52.1 Å². The molecule has 1 aromatic heterocycles. The van der Waals surface area contributed by atoms with Crippen molar-refractivity contribution >= 4 is 5.91 Å². The molecule has 3 rings (SSSR count). The topological polar surface area (TPSA) is 69.3 Å². The van der Waals surface area contributed by atoms with Crippen LogP contribution >= 0.6 is 0 Å². The molecule has 1 aliphatic heterocycles. The number of nitrogens with zero attached hydrogens (tertiary/aromatic N) is 3. The Kier molecular flexibility index (Phi) is 6.62. The first-order chi connectivity index (χ1) is 13.4. The van der Waals surface area contributed by atoms with Gasteiger partial charge in [-0.1, -0.05) is 30.3 Å². The van der Waals surface area contributed by atoms with E-state index >= 15 is 0 Å². The summed E-state index contributed by atoms with van der Waals surface area (Å²) in [5.41, 5.74) is 3.47. The van der Waals surface area contributed by atoms with Gasteiger partial charge >= 0.3 is 5.69 Å². The molecule has 1 atom stereocenters. The minimum absolute atomic E-state index is 0.183. The number of aromatic nitrogens is 2. The van der Waals surface area contributed by atoms with Gasteiger partial charge in [-0.3, -0.25) is 9.69 Å². The number of carbonyl (C=O) groups excluding carboxylic acids is 1. The van der Waals surface area contributed by atoms with Gasteiger partial charge in [-0.15, -0.1) is 0 Å². The molecule has 0 radical (unpaired) electrons. The van der Waals surface area contributed by atoms with Gasteiger partial charge in [-0.25, -0.2) is 4.79 Å². The number of likely N-dealkylation sites (tertiary alicyclic amines) is 1. The van der Waals surface area contributed by atoms with Crippen molar-refractivity contribution < 1.29 is 4.79 Å². The lowest BCUT2D eigenvalue weighted by atomic mass is 10.0. The zero-order valence-electron chi connectivity index (χ0n) is 17.1. The van der Waals surface area contributed by atoms with Crippen LogP contribution in [0, 0.1) is 13.8 Å². The van der Waals surface area contributed by atoms with Gasteiger partial charge < -0.3 is 9.88 Å². The molecular weight excluding hydrogens is 352 g/mol. The summed E-state index contributed by atoms with van der Waals surface area (Å²) in [6, 6.07) is 10.8. The fourth-order valence-corrected chi connectivity index (χ4v) is 4.05. The second kappa shape index (κ2) is 9.15. The summed E-state index contributed by atoms with van der Waals surface area (Å²) in [6.45, 7) is 6.21. The first-order valence-electron chi connectivity index (χ1n) is 10.0. The van der Waals surface area contributed by atoms with Crippen molar-refractivity contribution in [2.75, 3.05) is 20.1 Å². The third-order valence-electron chi connectivity index (χ3n) is 5.69. The molecule has 6 heteroatoms. The highest BCUT2D eigenvalue weighted by Crippen LogP contribution is 2.19. The van der Waals surface area contributed by atoms with Gasteiger partial charge in [-0.2, -0.15) is 4.98 Å². The fraction of sp³-hybridized carbons (Fsp3) is 0.500. The number of amides is 1. The lowest BCUT2D eigenvalue weighted by Gasteiger charge is -2.38. The van der Waals surface area contributed by atoms with Crippen molar-refractivity contribution in [3.63, 3.8) is 0 Å². The van der Waals surface area contributed by atoms with E-state index < -0.39 is 0 Å². The van der Waals surface area contributed by atoms with Crippen LogP contribution in [0.4, 0.5) is 0 Å². The van der Waals surface area contributed by atoms with E-state index in [1.165, 1.54) is 5.56 Å². The normalized spacial score (nSPS) is 17.1. The smallest absolute Gasteiger partial charge is 0.341 e. The van der Waals surface area contributed by atoms with Crippen LogP contribution in [0.3, 0.4) is 0 Å². The molecule has 0 spiro atoms. The second-order valence-corrected chi connectivity index (χ2v) is 7.77. The van der Waals surface area contributed by atoms with E-state index in [1.54, 1.807) is 0 Å². The number of benzene rings is 1. The Morgan fingerprint density at radius 2 is 2.04 bits per heavy atom. The third-order valence-corrected chi connectivity index (χ3v) is 5.69. The molecular formula is C22H30N4O2. The van der Waals surface area contributed by atoms with Gasteiger partial charge in [0.05, 0.1) is 0 Å². The number of hydrogen-bond donors (Lipinski definition) is 1. The maximum atomic E-state index is 12.8. The van der Waals surface area contributed by atoms with Crippen LogP contribution in [-0.4, -0.2) is 51.9 Å². The predicted octanol–water partition coefficient (Wildman–Crippen LogP) is 2.44. The highest BCUT2D eigenvalue weighted by atomic mass is 16.2. The Morgan fingerprint density at radius 1 is 1.29 bits per heavy atom. The summed E-state index contributed by atoms with van der Waals surface area (Å²) in [6.07, 6.45) is 3.22. The van der Waals surface area contributed by atoms with E-state index in [1.807, 2.05) is 24.8 Å². The Hall–Kier alpha value is -2.47. The van der Waals surface area contributed by atoms with Crippen molar-refractivity contribution in [3.8, 4) is 0 Å². The van der Waals surface area contributed by atoms with Gasteiger partial charge in [0.15, 0.2) is 0 Å². The molecule has 1 saturated heterocycles. The van der Waals surface area contributed by atoms with Crippen molar-refractivity contribution in [3.05, 3.63) is 63.3 Å². The van der Waals surface area contributed by atoms with Gasteiger partial charge in [0.1, 0.15) is 0 Å². The average molecular weight is 383 g/mol. The summed E-state index contributed by atoms with van der Waals surface area (Å²) in [5, 5.41) is 0. The zero-order valence-corrected chi connectivity index (χ0v) is 17.1. The predicted molar refractivity (Wildman–Crippen MR) is 110 cm³/mol. The van der Waals surface area contributed by atoms with E-state index in [4.69, 9.17) is 0 Å². The summed E-state index contributed by atoms with van der Waals surface area (Å²) >= 11 is 0. The number of H-pyrrole nitrogens is 1. The Labute approximate surface area is 166 Å². The standard InChI is InChI=1S/C22H30N4O2/c1-16-20(17(2)24-22(28)23-16)11-12-21(27)26-13-7-10-19(15-26)25(3)14-18-8-5-4-6-9-18/h4-6,8-9,19H,7,10-15H2,1-3H3,(H,23,24,28)/t19-/m1/s1. The van der Waals surface area contributed by atoms with Gasteiger partial charge in [-0.05, 0) is 51.3 Å². The third kappa shape index (κ3) is 5.07. The van der Waals surface area contributed by atoms with Crippen LogP contribution in [0.1, 0.15) is 41.8 Å². The van der Waals surface area contributed by atoms with Gasteiger partial charge in [0.25, 0.3) is 0 Å². The van der Waals surface area contributed by atoms with Crippen LogP contribution in [0.5, 0.6) is 0 Å². The molecule has 1 aliphatic rings. The van der Waals surface area contributed by atoms with E-state index in [9.17, 15) is 9.59 Å². The van der Waals surface area contributed by atoms with Crippen LogP contribution in [-0.2, 0) is 17.8 Å². The molecule has 0 aliphatic carbocycles. The van der Waals surface area contributed by atoms with Crippen LogP contribution in [0.15, 0.2) is 35.1 Å². The number of likely N-dealkylation sites (N-methyl/N-ethyl adjacent to an activating group) is 1. The van der Waals surface area contributed by atoms with Gasteiger partial charge in [0.2, 0.25) is 5.91 Å². The molecule has 150 valence electrons. The Morgan fingerprint density at radius 3 is 2.75 bits per heavy atom. The lowest BCUT2D eigenvalue weighted by Crippen LogP contribution is -2.48. The van der Waals surface area contributed by atoms with E-state index in [-0.39, 0.29) is 11.6 Å². The number of carbonyl (C=O) groups is 1. The lowest BCUT2D eigenvalue weighted by molar-refractivity contribution is -0.133. The molecule has 1 amide bonds. The quantitative estimate of drug-likeness (QED) is 0.833. The van der Waals surface area contributed by atoms with Crippen molar-refractivity contribution in [1.82, 2.24) is 19.8 Å². The molecule has 2 heterocycles. The summed E-state index contributed by atoms with van der Waals surface area (Å²) in [7, 11) is 2.14. The first kappa shape index (κ1) is 20.3. The highest BCUT2D eigenvalue weighted by Gasteiger charge is 2.26. The summed E-state index contributed by atoms with van der Waals surface area (Å²) in [5.74, 6) is 0.183. The number of nitrogens with one attached hydrogen (secondary N) is 1. The SMILES string of the molecule is Cc1nc(=O)[nH]c(C)c1CCC(=O)N1CCC[C@@H](N(C)Cc2ccccc2)C1. The fourth-order valence-electron chi connectivity index (χ4n) is 4.05. The number of rotatable bonds is 6. The van der Waals surface area contributed by atoms with E-state index in [2.05, 4.69) is 46.2 Å². The van der Waals surface area contributed by atoms with E-state index in [0.717, 1.165) is 43.7 Å². The summed E-state index contributed by atoms with van der Waals surface area (Å²) < 4.78 is 0. The van der Waals surface area contributed by atoms with Crippen molar-refractivity contribution in [1.29, 1.82) is 0 Å². The first-order valence-corrected chi connectivity index (χ1v) is 10.0. The molecule has 0 saturated carbocycles. The molecule has 28 heavy (non-hydrogen) atoms.